The third-order valence-corrected chi connectivity index (χ3v) is 3.04. The normalized spacial score (nSPS) is 26.4. The second-order valence-electron chi connectivity index (χ2n) is 4.12. The maximum atomic E-state index is 5.40. The summed E-state index contributed by atoms with van der Waals surface area (Å²) in [5.74, 6) is 0. The van der Waals surface area contributed by atoms with E-state index in [1.807, 2.05) is 6.07 Å². The molecule has 0 radical (unpaired) electrons. The minimum atomic E-state index is 0.298. The lowest BCUT2D eigenvalue weighted by molar-refractivity contribution is 0.105. The Hall–Kier alpha value is -0.910. The predicted molar refractivity (Wildman–Crippen MR) is 58.0 cm³/mol. The van der Waals surface area contributed by atoms with Gasteiger partial charge in [-0.15, -0.1) is 0 Å². The molecule has 1 aliphatic rings. The van der Waals surface area contributed by atoms with Gasteiger partial charge in [0, 0.05) is 39.4 Å². The third-order valence-electron chi connectivity index (χ3n) is 3.04. The van der Waals surface area contributed by atoms with Crippen LogP contribution in [0.4, 0.5) is 0 Å². The van der Waals surface area contributed by atoms with E-state index in [4.69, 9.17) is 14.0 Å². The molecule has 1 aliphatic heterocycles. The van der Waals surface area contributed by atoms with Gasteiger partial charge in [-0.25, -0.2) is 0 Å². The van der Waals surface area contributed by atoms with Crippen LogP contribution in [0.2, 0.25) is 0 Å². The molecule has 2 atom stereocenters. The van der Waals surface area contributed by atoms with Crippen LogP contribution in [0.5, 0.6) is 0 Å². The van der Waals surface area contributed by atoms with Crippen molar-refractivity contribution in [3.63, 3.8) is 0 Å². The average Bonchev–Trinajstić information content (AvgIpc) is 2.90. The highest BCUT2D eigenvalue weighted by Crippen LogP contribution is 2.22. The molecule has 5 nitrogen and oxygen atoms in total. The number of aromatic nitrogens is 1. The van der Waals surface area contributed by atoms with Gasteiger partial charge in [-0.1, -0.05) is 5.16 Å². The monoisotopic (exact) mass is 226 g/mol. The van der Waals surface area contributed by atoms with E-state index in [9.17, 15) is 0 Å². The van der Waals surface area contributed by atoms with Crippen LogP contribution in [-0.4, -0.2) is 49.6 Å². The fourth-order valence-corrected chi connectivity index (χ4v) is 2.20. The number of rotatable bonds is 5. The average molecular weight is 226 g/mol. The molecule has 2 heterocycles. The minimum absolute atomic E-state index is 0.298. The molecule has 0 bridgehead atoms. The van der Waals surface area contributed by atoms with Crippen molar-refractivity contribution in [2.75, 3.05) is 27.4 Å². The van der Waals surface area contributed by atoms with E-state index in [0.717, 1.165) is 31.8 Å². The zero-order chi connectivity index (χ0) is 11.4. The maximum Gasteiger partial charge on any atom is 0.124 e. The third kappa shape index (κ3) is 2.61. The standard InChI is InChI=1S/C11H18N2O3/c1-14-8-10-5-11(15-2)7-13(10)6-9-3-4-16-12-9/h3-4,10-11H,5-8H2,1-2H3/t10-,11+/m0/s1. The van der Waals surface area contributed by atoms with Gasteiger partial charge in [-0.2, -0.15) is 0 Å². The summed E-state index contributed by atoms with van der Waals surface area (Å²) in [6.45, 7) is 2.46. The first-order valence-corrected chi connectivity index (χ1v) is 5.48. The first-order valence-electron chi connectivity index (χ1n) is 5.48. The lowest BCUT2D eigenvalue weighted by atomic mass is 10.2. The lowest BCUT2D eigenvalue weighted by Crippen LogP contribution is -2.32. The Morgan fingerprint density at radius 2 is 2.44 bits per heavy atom. The van der Waals surface area contributed by atoms with Crippen molar-refractivity contribution in [3.05, 3.63) is 18.0 Å². The van der Waals surface area contributed by atoms with Crippen LogP contribution in [0.3, 0.4) is 0 Å². The molecule has 1 aromatic heterocycles. The molecule has 0 unspecified atom stereocenters. The van der Waals surface area contributed by atoms with Gasteiger partial charge in [0.15, 0.2) is 0 Å². The Labute approximate surface area is 95.3 Å². The number of hydrogen-bond acceptors (Lipinski definition) is 5. The topological polar surface area (TPSA) is 47.7 Å². The van der Waals surface area contributed by atoms with Crippen LogP contribution in [0.15, 0.2) is 16.9 Å². The molecule has 16 heavy (non-hydrogen) atoms. The van der Waals surface area contributed by atoms with Crippen LogP contribution in [0.25, 0.3) is 0 Å². The fourth-order valence-electron chi connectivity index (χ4n) is 2.20. The number of nitrogens with zero attached hydrogens (tertiary/aromatic N) is 2. The zero-order valence-corrected chi connectivity index (χ0v) is 9.76. The molecule has 0 amide bonds. The zero-order valence-electron chi connectivity index (χ0n) is 9.76. The fraction of sp³-hybridized carbons (Fsp3) is 0.727. The van der Waals surface area contributed by atoms with Crippen LogP contribution >= 0.6 is 0 Å². The molecule has 1 aromatic rings. The van der Waals surface area contributed by atoms with Crippen molar-refractivity contribution in [1.29, 1.82) is 0 Å². The number of hydrogen-bond donors (Lipinski definition) is 0. The highest BCUT2D eigenvalue weighted by molar-refractivity contribution is 4.98. The Kier molecular flexibility index (Phi) is 3.93. The van der Waals surface area contributed by atoms with Crippen LogP contribution in [-0.2, 0) is 16.0 Å². The molecule has 1 fully saturated rings. The number of ether oxygens (including phenoxy) is 2. The Balaban J connectivity index is 1.95. The van der Waals surface area contributed by atoms with Crippen molar-refractivity contribution < 1.29 is 14.0 Å². The maximum absolute atomic E-state index is 5.40. The largest absolute Gasteiger partial charge is 0.383 e. The molecule has 0 aromatic carbocycles. The molecule has 5 heteroatoms. The molecule has 1 saturated heterocycles. The van der Waals surface area contributed by atoms with Gasteiger partial charge in [-0.3, -0.25) is 4.90 Å². The molecule has 0 aliphatic carbocycles. The lowest BCUT2D eigenvalue weighted by Gasteiger charge is -2.21. The van der Waals surface area contributed by atoms with Gasteiger partial charge in [0.1, 0.15) is 6.26 Å². The van der Waals surface area contributed by atoms with Gasteiger partial charge in [-0.05, 0) is 6.42 Å². The Morgan fingerprint density at radius 3 is 3.06 bits per heavy atom. The summed E-state index contributed by atoms with van der Waals surface area (Å²) in [4.78, 5) is 2.33. The van der Waals surface area contributed by atoms with Crippen molar-refractivity contribution in [1.82, 2.24) is 10.1 Å². The molecule has 90 valence electrons. The van der Waals surface area contributed by atoms with E-state index < -0.39 is 0 Å². The van der Waals surface area contributed by atoms with E-state index >= 15 is 0 Å². The number of methoxy groups -OCH3 is 2. The van der Waals surface area contributed by atoms with Gasteiger partial charge >= 0.3 is 0 Å². The van der Waals surface area contributed by atoms with Gasteiger partial charge in [0.2, 0.25) is 0 Å². The summed E-state index contributed by atoms with van der Waals surface area (Å²) in [7, 11) is 3.49. The Morgan fingerprint density at radius 1 is 1.56 bits per heavy atom. The first-order chi connectivity index (χ1) is 7.83. The van der Waals surface area contributed by atoms with Crippen molar-refractivity contribution in [2.24, 2.45) is 0 Å². The molecule has 0 saturated carbocycles. The summed E-state index contributed by atoms with van der Waals surface area (Å²) in [5.41, 5.74) is 0.956. The van der Waals surface area contributed by atoms with E-state index in [-0.39, 0.29) is 0 Å². The number of likely N-dealkylation sites (tertiary alicyclic amines) is 1. The first kappa shape index (κ1) is 11.6. The molecular formula is C11H18N2O3. The van der Waals surface area contributed by atoms with E-state index in [0.29, 0.717) is 12.1 Å². The molecule has 2 rings (SSSR count). The van der Waals surface area contributed by atoms with E-state index in [1.165, 1.54) is 0 Å². The van der Waals surface area contributed by atoms with E-state index in [2.05, 4.69) is 10.1 Å². The smallest absolute Gasteiger partial charge is 0.124 e. The van der Waals surface area contributed by atoms with Crippen LogP contribution in [0.1, 0.15) is 12.1 Å². The second-order valence-corrected chi connectivity index (χ2v) is 4.12. The van der Waals surface area contributed by atoms with Gasteiger partial charge in [0.25, 0.3) is 0 Å². The van der Waals surface area contributed by atoms with Gasteiger partial charge < -0.3 is 14.0 Å². The summed E-state index contributed by atoms with van der Waals surface area (Å²) in [6.07, 6.45) is 2.92. The summed E-state index contributed by atoms with van der Waals surface area (Å²) in [5, 5.41) is 3.93. The quantitative estimate of drug-likeness (QED) is 0.747. The van der Waals surface area contributed by atoms with Crippen LogP contribution in [0, 0.1) is 0 Å². The summed E-state index contributed by atoms with van der Waals surface area (Å²) < 4.78 is 15.5. The molecule has 0 N–H and O–H groups in total. The summed E-state index contributed by atoms with van der Waals surface area (Å²) >= 11 is 0. The Bertz CT molecular complexity index is 302. The summed E-state index contributed by atoms with van der Waals surface area (Å²) in [6, 6.07) is 2.30. The van der Waals surface area contributed by atoms with E-state index in [1.54, 1.807) is 20.5 Å². The van der Waals surface area contributed by atoms with Crippen molar-refractivity contribution in [3.8, 4) is 0 Å². The van der Waals surface area contributed by atoms with Gasteiger partial charge in [0.05, 0.1) is 18.4 Å². The predicted octanol–water partition coefficient (Wildman–Crippen LogP) is 0.910. The molecular weight excluding hydrogens is 208 g/mol. The SMILES string of the molecule is COC[C@@H]1C[C@@H](OC)CN1Cc1ccon1. The molecule has 0 spiro atoms. The minimum Gasteiger partial charge on any atom is -0.383 e. The highest BCUT2D eigenvalue weighted by atomic mass is 16.5. The van der Waals surface area contributed by atoms with Crippen molar-refractivity contribution in [2.45, 2.75) is 25.1 Å². The highest BCUT2D eigenvalue weighted by Gasteiger charge is 2.32. The second kappa shape index (κ2) is 5.43. The van der Waals surface area contributed by atoms with Crippen LogP contribution < -0.4 is 0 Å². The van der Waals surface area contributed by atoms with Crippen molar-refractivity contribution >= 4 is 0 Å².